The SMILES string of the molecule is c1cc(OCC2CCCN2c2ncnc3nc[nH]c23)c2cc(N3CCNCC3)ccc2c1. The molecule has 0 saturated carbocycles. The minimum absolute atomic E-state index is 0.267. The molecule has 0 spiro atoms. The molecule has 0 bridgehead atoms. The molecule has 0 aliphatic carbocycles. The lowest BCUT2D eigenvalue weighted by Gasteiger charge is -2.30. The van der Waals surface area contributed by atoms with Gasteiger partial charge in [0.2, 0.25) is 0 Å². The lowest BCUT2D eigenvalue weighted by molar-refractivity contribution is 0.291. The van der Waals surface area contributed by atoms with Gasteiger partial charge in [-0.2, -0.15) is 0 Å². The monoisotopic (exact) mass is 429 g/mol. The topological polar surface area (TPSA) is 82.2 Å². The average Bonchev–Trinajstić information content (AvgIpc) is 3.52. The zero-order chi connectivity index (χ0) is 21.3. The van der Waals surface area contributed by atoms with E-state index in [1.54, 1.807) is 12.7 Å². The Labute approximate surface area is 186 Å². The molecule has 32 heavy (non-hydrogen) atoms. The Morgan fingerprint density at radius 2 is 1.97 bits per heavy atom. The van der Waals surface area contributed by atoms with E-state index < -0.39 is 0 Å². The second kappa shape index (κ2) is 8.27. The number of piperazine rings is 1. The first-order valence-corrected chi connectivity index (χ1v) is 11.4. The molecule has 2 saturated heterocycles. The summed E-state index contributed by atoms with van der Waals surface area (Å²) in [5, 5.41) is 5.81. The van der Waals surface area contributed by atoms with E-state index >= 15 is 0 Å². The van der Waals surface area contributed by atoms with Gasteiger partial charge in [0.15, 0.2) is 11.5 Å². The molecule has 0 radical (unpaired) electrons. The number of imidazole rings is 1. The molecule has 2 aromatic carbocycles. The van der Waals surface area contributed by atoms with Gasteiger partial charge in [0.05, 0.1) is 12.4 Å². The molecule has 8 heteroatoms. The molecule has 1 atom stereocenters. The molecule has 0 amide bonds. The maximum Gasteiger partial charge on any atom is 0.182 e. The Balaban J connectivity index is 1.25. The number of rotatable bonds is 5. The number of nitrogens with one attached hydrogen (secondary N) is 2. The van der Waals surface area contributed by atoms with Crippen molar-refractivity contribution in [1.29, 1.82) is 0 Å². The van der Waals surface area contributed by atoms with Crippen molar-refractivity contribution in [3.05, 3.63) is 49.1 Å². The number of aromatic nitrogens is 4. The van der Waals surface area contributed by atoms with E-state index in [0.717, 1.165) is 62.6 Å². The minimum Gasteiger partial charge on any atom is -0.491 e. The zero-order valence-electron chi connectivity index (χ0n) is 18.0. The lowest BCUT2D eigenvalue weighted by Crippen LogP contribution is -2.43. The standard InChI is InChI=1S/C24H27N7O/c1-3-17-6-7-18(30-11-8-25-9-12-30)13-20(17)21(5-1)32-14-19-4-2-10-31(19)24-22-23(27-15-26-22)28-16-29-24/h1,3,5-7,13,15-16,19,25H,2,4,8-12,14H2,(H,26,27,28,29). The van der Waals surface area contributed by atoms with Crippen LogP contribution >= 0.6 is 0 Å². The third-order valence-corrected chi connectivity index (χ3v) is 6.59. The predicted molar refractivity (Wildman–Crippen MR) is 127 cm³/mol. The van der Waals surface area contributed by atoms with Gasteiger partial charge < -0.3 is 24.8 Å². The summed E-state index contributed by atoms with van der Waals surface area (Å²) in [7, 11) is 0. The van der Waals surface area contributed by atoms with Gasteiger partial charge in [-0.15, -0.1) is 0 Å². The summed E-state index contributed by atoms with van der Waals surface area (Å²) in [6.45, 7) is 5.71. The van der Waals surface area contributed by atoms with Crippen molar-refractivity contribution in [2.45, 2.75) is 18.9 Å². The molecule has 2 aromatic heterocycles. The van der Waals surface area contributed by atoms with Crippen molar-refractivity contribution >= 4 is 33.4 Å². The molecule has 4 heterocycles. The summed E-state index contributed by atoms with van der Waals surface area (Å²) in [5.74, 6) is 1.86. The quantitative estimate of drug-likeness (QED) is 0.505. The largest absolute Gasteiger partial charge is 0.491 e. The maximum atomic E-state index is 6.45. The molecule has 2 fully saturated rings. The van der Waals surface area contributed by atoms with Crippen molar-refractivity contribution in [3.63, 3.8) is 0 Å². The van der Waals surface area contributed by atoms with Crippen LogP contribution in [-0.4, -0.2) is 65.3 Å². The summed E-state index contributed by atoms with van der Waals surface area (Å²) in [4.78, 5) is 21.1. The van der Waals surface area contributed by atoms with Crippen molar-refractivity contribution < 1.29 is 4.74 Å². The van der Waals surface area contributed by atoms with Crippen LogP contribution in [0, 0.1) is 0 Å². The van der Waals surface area contributed by atoms with Gasteiger partial charge in [-0.1, -0.05) is 18.2 Å². The number of anilines is 2. The Kier molecular flexibility index (Phi) is 4.99. The van der Waals surface area contributed by atoms with Crippen LogP contribution in [0.5, 0.6) is 5.75 Å². The Morgan fingerprint density at radius 3 is 2.91 bits per heavy atom. The van der Waals surface area contributed by atoms with E-state index in [1.807, 2.05) is 0 Å². The number of H-pyrrole nitrogens is 1. The van der Waals surface area contributed by atoms with Gasteiger partial charge >= 0.3 is 0 Å². The van der Waals surface area contributed by atoms with Crippen LogP contribution in [0.3, 0.4) is 0 Å². The summed E-state index contributed by atoms with van der Waals surface area (Å²) in [6.07, 6.45) is 5.47. The molecular weight excluding hydrogens is 402 g/mol. The highest BCUT2D eigenvalue weighted by molar-refractivity contribution is 5.91. The molecule has 2 aliphatic rings. The molecule has 4 aromatic rings. The average molecular weight is 430 g/mol. The summed E-state index contributed by atoms with van der Waals surface area (Å²) >= 11 is 0. The van der Waals surface area contributed by atoms with Crippen molar-refractivity contribution in [2.75, 3.05) is 49.1 Å². The summed E-state index contributed by atoms with van der Waals surface area (Å²) in [5.41, 5.74) is 2.86. The highest BCUT2D eigenvalue weighted by atomic mass is 16.5. The Hall–Kier alpha value is -3.39. The first kappa shape index (κ1) is 19.3. The van der Waals surface area contributed by atoms with E-state index in [4.69, 9.17) is 4.74 Å². The van der Waals surface area contributed by atoms with Crippen LogP contribution in [-0.2, 0) is 0 Å². The Morgan fingerprint density at radius 1 is 1.03 bits per heavy atom. The molecule has 8 nitrogen and oxygen atoms in total. The van der Waals surface area contributed by atoms with Crippen LogP contribution < -0.4 is 19.9 Å². The number of ether oxygens (including phenoxy) is 1. The zero-order valence-corrected chi connectivity index (χ0v) is 18.0. The van der Waals surface area contributed by atoms with Gasteiger partial charge in [-0.3, -0.25) is 0 Å². The van der Waals surface area contributed by atoms with Crippen molar-refractivity contribution in [1.82, 2.24) is 25.3 Å². The third kappa shape index (κ3) is 3.50. The summed E-state index contributed by atoms with van der Waals surface area (Å²) < 4.78 is 6.45. The first-order valence-electron chi connectivity index (χ1n) is 11.4. The van der Waals surface area contributed by atoms with Gasteiger partial charge in [0, 0.05) is 43.8 Å². The normalized spacial score (nSPS) is 19.2. The number of nitrogens with zero attached hydrogens (tertiary/aromatic N) is 5. The van der Waals surface area contributed by atoms with Crippen LogP contribution in [0.4, 0.5) is 11.5 Å². The van der Waals surface area contributed by atoms with Crippen LogP contribution in [0.1, 0.15) is 12.8 Å². The van der Waals surface area contributed by atoms with E-state index in [0.29, 0.717) is 12.3 Å². The number of benzene rings is 2. The molecule has 6 rings (SSSR count). The predicted octanol–water partition coefficient (Wildman–Crippen LogP) is 2.96. The van der Waals surface area contributed by atoms with Crippen LogP contribution in [0.2, 0.25) is 0 Å². The van der Waals surface area contributed by atoms with E-state index in [1.165, 1.54) is 16.5 Å². The molecule has 2 aliphatic heterocycles. The van der Waals surface area contributed by atoms with E-state index in [-0.39, 0.29) is 6.04 Å². The molecule has 2 N–H and O–H groups in total. The maximum absolute atomic E-state index is 6.45. The van der Waals surface area contributed by atoms with Crippen LogP contribution in [0.25, 0.3) is 21.9 Å². The molecule has 164 valence electrons. The first-order chi connectivity index (χ1) is 15.9. The minimum atomic E-state index is 0.267. The van der Waals surface area contributed by atoms with Gasteiger partial charge in [0.25, 0.3) is 0 Å². The van der Waals surface area contributed by atoms with Gasteiger partial charge in [0.1, 0.15) is 24.2 Å². The van der Waals surface area contributed by atoms with Gasteiger partial charge in [-0.25, -0.2) is 15.0 Å². The highest BCUT2D eigenvalue weighted by Crippen LogP contribution is 2.32. The third-order valence-electron chi connectivity index (χ3n) is 6.59. The van der Waals surface area contributed by atoms with E-state index in [2.05, 4.69) is 71.5 Å². The number of hydrogen-bond donors (Lipinski definition) is 2. The smallest absolute Gasteiger partial charge is 0.182 e. The highest BCUT2D eigenvalue weighted by Gasteiger charge is 2.28. The van der Waals surface area contributed by atoms with Crippen molar-refractivity contribution in [3.8, 4) is 5.75 Å². The number of aromatic amines is 1. The second-order valence-corrected chi connectivity index (χ2v) is 8.50. The van der Waals surface area contributed by atoms with Crippen LogP contribution in [0.15, 0.2) is 49.1 Å². The van der Waals surface area contributed by atoms with Gasteiger partial charge in [-0.05, 0) is 36.4 Å². The second-order valence-electron chi connectivity index (χ2n) is 8.50. The fourth-order valence-electron chi connectivity index (χ4n) is 4.92. The van der Waals surface area contributed by atoms with Crippen molar-refractivity contribution in [2.24, 2.45) is 0 Å². The Bertz CT molecular complexity index is 1230. The number of hydrogen-bond acceptors (Lipinski definition) is 7. The number of fused-ring (bicyclic) bond motifs is 2. The molecular formula is C24H27N7O. The van der Waals surface area contributed by atoms with E-state index in [9.17, 15) is 0 Å². The molecule has 1 unspecified atom stereocenters. The summed E-state index contributed by atoms with van der Waals surface area (Å²) in [6, 6.07) is 13.3. The fraction of sp³-hybridized carbons (Fsp3) is 0.375. The fourth-order valence-corrected chi connectivity index (χ4v) is 4.92. The lowest BCUT2D eigenvalue weighted by atomic mass is 10.1.